The number of Topliss-reactive ketones (excluding diaryl/α,β-unsaturated/α-hetero) is 1. The molecule has 1 amide bonds. The number of likely N-dealkylation sites (N-methyl/N-ethyl adjacent to an activating group) is 1. The van der Waals surface area contributed by atoms with E-state index < -0.39 is 17.7 Å². The second-order valence-electron chi connectivity index (χ2n) is 8.34. The molecular weight excluding hydrogens is 491 g/mol. The Kier molecular flexibility index (Phi) is 5.83. The predicted octanol–water partition coefficient (Wildman–Crippen LogP) is 5.15. The maximum absolute atomic E-state index is 13.3. The van der Waals surface area contributed by atoms with Crippen molar-refractivity contribution in [2.24, 2.45) is 0 Å². The van der Waals surface area contributed by atoms with Crippen molar-refractivity contribution in [1.82, 2.24) is 0 Å². The van der Waals surface area contributed by atoms with E-state index in [1.807, 2.05) is 11.9 Å². The first kappa shape index (κ1) is 23.1. The van der Waals surface area contributed by atoms with Crippen LogP contribution < -0.4 is 14.5 Å². The number of carbonyl (C=O) groups excluding carboxylic acids is 2. The van der Waals surface area contributed by atoms with Gasteiger partial charge in [0, 0.05) is 28.3 Å². The highest BCUT2D eigenvalue weighted by molar-refractivity contribution is 6.52. The standard InChI is InChI=1S/C26H20Cl2N2O5/c1-29-7-8-35-21-6-5-15(10-20(21)29)24(32)22-23(14-3-2-4-19(31)9-14)30(26(34)25(22)33)18-12-16(27)11-17(28)13-18/h2-6,9-13,23,31-32H,7-8H2,1H3/b24-22-. The van der Waals surface area contributed by atoms with Crippen molar-refractivity contribution in [3.05, 3.63) is 87.4 Å². The van der Waals surface area contributed by atoms with E-state index in [-0.39, 0.29) is 32.8 Å². The number of benzene rings is 3. The molecule has 2 heterocycles. The molecule has 0 spiro atoms. The van der Waals surface area contributed by atoms with Gasteiger partial charge in [0.15, 0.2) is 0 Å². The Morgan fingerprint density at radius 1 is 1.03 bits per heavy atom. The quantitative estimate of drug-likeness (QED) is 0.287. The van der Waals surface area contributed by atoms with Crippen molar-refractivity contribution < 1.29 is 24.5 Å². The van der Waals surface area contributed by atoms with Crippen LogP contribution in [0.3, 0.4) is 0 Å². The molecule has 1 unspecified atom stereocenters. The topological polar surface area (TPSA) is 90.3 Å². The second kappa shape index (κ2) is 8.83. The first-order valence-corrected chi connectivity index (χ1v) is 11.5. The number of amides is 1. The minimum Gasteiger partial charge on any atom is -0.508 e. The smallest absolute Gasteiger partial charge is 0.300 e. The normalized spacial score (nSPS) is 19.0. The van der Waals surface area contributed by atoms with Gasteiger partial charge in [-0.3, -0.25) is 14.5 Å². The summed E-state index contributed by atoms with van der Waals surface area (Å²) in [7, 11) is 1.90. The minimum absolute atomic E-state index is 0.0511. The van der Waals surface area contributed by atoms with Gasteiger partial charge in [-0.1, -0.05) is 35.3 Å². The van der Waals surface area contributed by atoms with Crippen LogP contribution in [-0.2, 0) is 9.59 Å². The summed E-state index contributed by atoms with van der Waals surface area (Å²) in [5, 5.41) is 22.1. The van der Waals surface area contributed by atoms with Crippen LogP contribution in [0, 0.1) is 0 Å². The lowest BCUT2D eigenvalue weighted by molar-refractivity contribution is -0.132. The van der Waals surface area contributed by atoms with Crippen molar-refractivity contribution in [2.75, 3.05) is 30.0 Å². The molecule has 0 saturated carbocycles. The van der Waals surface area contributed by atoms with Gasteiger partial charge in [-0.2, -0.15) is 0 Å². The zero-order chi connectivity index (χ0) is 24.9. The number of aliphatic hydroxyl groups is 1. The highest BCUT2D eigenvalue weighted by atomic mass is 35.5. The molecule has 3 aromatic rings. The monoisotopic (exact) mass is 510 g/mol. The number of carbonyl (C=O) groups is 2. The Hall–Kier alpha value is -3.68. The molecule has 0 aliphatic carbocycles. The summed E-state index contributed by atoms with van der Waals surface area (Å²) < 4.78 is 5.67. The number of phenolic OH excluding ortho intramolecular Hbond substituents is 1. The van der Waals surface area contributed by atoms with Crippen LogP contribution in [0.15, 0.2) is 66.2 Å². The van der Waals surface area contributed by atoms with Gasteiger partial charge in [-0.05, 0) is 54.1 Å². The molecule has 2 aliphatic heterocycles. The van der Waals surface area contributed by atoms with Crippen molar-refractivity contribution >= 4 is 52.0 Å². The SMILES string of the molecule is CN1CCOc2ccc(/C(O)=C3/C(=O)C(=O)N(c4cc(Cl)cc(Cl)c4)C3c3cccc(O)c3)cc21. The van der Waals surface area contributed by atoms with E-state index in [9.17, 15) is 19.8 Å². The highest BCUT2D eigenvalue weighted by Crippen LogP contribution is 2.44. The summed E-state index contributed by atoms with van der Waals surface area (Å²) in [4.78, 5) is 29.8. The summed E-state index contributed by atoms with van der Waals surface area (Å²) in [6.45, 7) is 1.21. The minimum atomic E-state index is -1.03. The van der Waals surface area contributed by atoms with E-state index in [1.54, 1.807) is 30.3 Å². The summed E-state index contributed by atoms with van der Waals surface area (Å²) in [6.07, 6.45) is 0. The van der Waals surface area contributed by atoms with Crippen molar-refractivity contribution in [3.63, 3.8) is 0 Å². The number of anilines is 2. The molecular formula is C26H20Cl2N2O5. The van der Waals surface area contributed by atoms with E-state index in [2.05, 4.69) is 0 Å². The van der Waals surface area contributed by atoms with Gasteiger partial charge in [-0.15, -0.1) is 0 Å². The van der Waals surface area contributed by atoms with E-state index in [4.69, 9.17) is 27.9 Å². The van der Waals surface area contributed by atoms with Crippen molar-refractivity contribution in [3.8, 4) is 11.5 Å². The molecule has 1 atom stereocenters. The van der Waals surface area contributed by atoms with E-state index in [1.165, 1.54) is 35.2 Å². The van der Waals surface area contributed by atoms with Gasteiger partial charge in [0.1, 0.15) is 23.9 Å². The van der Waals surface area contributed by atoms with E-state index in [0.717, 1.165) is 5.69 Å². The zero-order valence-electron chi connectivity index (χ0n) is 18.5. The number of aliphatic hydroxyl groups excluding tert-OH is 1. The van der Waals surface area contributed by atoms with Crippen LogP contribution in [0.1, 0.15) is 17.2 Å². The fourth-order valence-electron chi connectivity index (χ4n) is 4.44. The Bertz CT molecular complexity index is 1380. The third kappa shape index (κ3) is 4.07. The fraction of sp³-hybridized carbons (Fsp3) is 0.154. The number of hydrogen-bond donors (Lipinski definition) is 2. The molecule has 2 aliphatic rings. The third-order valence-corrected chi connectivity index (χ3v) is 6.52. The maximum Gasteiger partial charge on any atom is 0.300 e. The van der Waals surface area contributed by atoms with Gasteiger partial charge in [0.2, 0.25) is 0 Å². The molecule has 0 radical (unpaired) electrons. The van der Waals surface area contributed by atoms with Crippen molar-refractivity contribution in [2.45, 2.75) is 6.04 Å². The Morgan fingerprint density at radius 3 is 2.49 bits per heavy atom. The summed E-state index contributed by atoms with van der Waals surface area (Å²) in [6, 6.07) is 14.8. The molecule has 2 N–H and O–H groups in total. The number of halogens is 2. The highest BCUT2D eigenvalue weighted by Gasteiger charge is 2.47. The maximum atomic E-state index is 13.3. The summed E-state index contributed by atoms with van der Waals surface area (Å²) >= 11 is 12.4. The third-order valence-electron chi connectivity index (χ3n) is 6.08. The summed E-state index contributed by atoms with van der Waals surface area (Å²) in [5.41, 5.74) is 1.71. The Balaban J connectivity index is 1.72. The van der Waals surface area contributed by atoms with Gasteiger partial charge in [-0.25, -0.2) is 0 Å². The van der Waals surface area contributed by atoms with Crippen molar-refractivity contribution in [1.29, 1.82) is 0 Å². The van der Waals surface area contributed by atoms with E-state index >= 15 is 0 Å². The van der Waals surface area contributed by atoms with E-state index in [0.29, 0.717) is 30.0 Å². The first-order valence-electron chi connectivity index (χ1n) is 10.8. The molecule has 3 aromatic carbocycles. The Morgan fingerprint density at radius 2 is 1.77 bits per heavy atom. The average molecular weight is 511 g/mol. The molecule has 9 heteroatoms. The molecule has 1 saturated heterocycles. The first-order chi connectivity index (χ1) is 16.7. The summed E-state index contributed by atoms with van der Waals surface area (Å²) in [5.74, 6) is -1.45. The number of ketones is 1. The van der Waals surface area contributed by atoms with Crippen LogP contribution in [-0.4, -0.2) is 42.1 Å². The van der Waals surface area contributed by atoms with Crippen LogP contribution in [0.2, 0.25) is 10.0 Å². The molecule has 0 bridgehead atoms. The largest absolute Gasteiger partial charge is 0.508 e. The number of ether oxygens (including phenoxy) is 1. The Labute approximate surface area is 211 Å². The van der Waals surface area contributed by atoms with Gasteiger partial charge >= 0.3 is 0 Å². The number of fused-ring (bicyclic) bond motifs is 1. The molecule has 5 rings (SSSR count). The lowest BCUT2D eigenvalue weighted by Gasteiger charge is -2.28. The lowest BCUT2D eigenvalue weighted by Crippen LogP contribution is -2.29. The molecule has 0 aromatic heterocycles. The van der Waals surface area contributed by atoms with Gasteiger partial charge in [0.05, 0.1) is 23.8 Å². The van der Waals surface area contributed by atoms with Crippen LogP contribution >= 0.6 is 23.2 Å². The average Bonchev–Trinajstić information content (AvgIpc) is 3.08. The zero-order valence-corrected chi connectivity index (χ0v) is 20.0. The number of aromatic hydroxyl groups is 1. The van der Waals surface area contributed by atoms with Crippen LogP contribution in [0.25, 0.3) is 5.76 Å². The number of hydrogen-bond acceptors (Lipinski definition) is 6. The predicted molar refractivity (Wildman–Crippen MR) is 135 cm³/mol. The van der Waals surface area contributed by atoms with Crippen LogP contribution in [0.5, 0.6) is 11.5 Å². The number of phenols is 1. The van der Waals surface area contributed by atoms with Gasteiger partial charge in [0.25, 0.3) is 11.7 Å². The molecule has 7 nitrogen and oxygen atoms in total. The molecule has 35 heavy (non-hydrogen) atoms. The van der Waals surface area contributed by atoms with Gasteiger partial charge < -0.3 is 19.8 Å². The fourth-order valence-corrected chi connectivity index (χ4v) is 4.96. The van der Waals surface area contributed by atoms with Crippen LogP contribution in [0.4, 0.5) is 11.4 Å². The number of rotatable bonds is 3. The molecule has 178 valence electrons. The molecule has 1 fully saturated rings. The second-order valence-corrected chi connectivity index (χ2v) is 9.22. The number of nitrogens with zero attached hydrogens (tertiary/aromatic N) is 2. The lowest BCUT2D eigenvalue weighted by atomic mass is 9.94.